The summed E-state index contributed by atoms with van der Waals surface area (Å²) in [5, 5.41) is 3.03. The van der Waals surface area contributed by atoms with Gasteiger partial charge in [-0.2, -0.15) is 0 Å². The largest absolute Gasteiger partial charge is 0.397 e. The summed E-state index contributed by atoms with van der Waals surface area (Å²) in [6.45, 7) is 2.26. The Morgan fingerprint density at radius 1 is 1.35 bits per heavy atom. The van der Waals surface area contributed by atoms with Crippen molar-refractivity contribution in [2.75, 3.05) is 37.4 Å². The van der Waals surface area contributed by atoms with E-state index in [0.717, 1.165) is 11.3 Å². The van der Waals surface area contributed by atoms with Crippen molar-refractivity contribution in [2.45, 2.75) is 6.92 Å². The van der Waals surface area contributed by atoms with Crippen molar-refractivity contribution >= 4 is 21.4 Å². The third kappa shape index (κ3) is 3.61. The standard InChI is InChI=1S/C11H19N3O2S/c1-9-5-4-6-10(11(9)12)13-7-8-17(15,16)14(2)3/h4-6,13H,7-8,12H2,1-3H3. The lowest BCUT2D eigenvalue weighted by atomic mass is 10.2. The number of nitrogens with zero attached hydrogens (tertiary/aromatic N) is 1. The second-order valence-electron chi connectivity index (χ2n) is 4.06. The first-order valence-electron chi connectivity index (χ1n) is 5.34. The van der Waals surface area contributed by atoms with Crippen molar-refractivity contribution in [1.82, 2.24) is 4.31 Å². The Hall–Kier alpha value is -1.27. The van der Waals surface area contributed by atoms with Gasteiger partial charge in [-0.25, -0.2) is 12.7 Å². The Bertz CT molecular complexity index is 483. The molecule has 1 aromatic rings. The summed E-state index contributed by atoms with van der Waals surface area (Å²) in [5.74, 6) is 0.0490. The molecule has 3 N–H and O–H groups in total. The van der Waals surface area contributed by atoms with Crippen LogP contribution in [-0.2, 0) is 10.0 Å². The molecule has 0 aromatic heterocycles. The molecule has 0 spiro atoms. The number of sulfonamides is 1. The molecule has 0 atom stereocenters. The first-order valence-corrected chi connectivity index (χ1v) is 6.94. The van der Waals surface area contributed by atoms with Crippen molar-refractivity contribution in [3.63, 3.8) is 0 Å². The van der Waals surface area contributed by atoms with Crippen molar-refractivity contribution in [1.29, 1.82) is 0 Å². The predicted octanol–water partition coefficient (Wildman–Crippen LogP) is 0.881. The zero-order valence-corrected chi connectivity index (χ0v) is 11.2. The minimum absolute atomic E-state index is 0.0490. The molecule has 0 fully saturated rings. The first-order chi connectivity index (χ1) is 7.84. The van der Waals surface area contributed by atoms with E-state index in [0.29, 0.717) is 12.2 Å². The third-order valence-corrected chi connectivity index (χ3v) is 4.39. The van der Waals surface area contributed by atoms with Crippen LogP contribution in [0.25, 0.3) is 0 Å². The average molecular weight is 257 g/mol. The van der Waals surface area contributed by atoms with Crippen LogP contribution in [-0.4, -0.2) is 39.1 Å². The van der Waals surface area contributed by atoms with Gasteiger partial charge >= 0.3 is 0 Å². The number of para-hydroxylation sites is 1. The van der Waals surface area contributed by atoms with Gasteiger partial charge < -0.3 is 11.1 Å². The average Bonchev–Trinajstić information content (AvgIpc) is 2.24. The molecule has 1 aromatic carbocycles. The number of rotatable bonds is 5. The predicted molar refractivity (Wildman–Crippen MR) is 71.6 cm³/mol. The summed E-state index contributed by atoms with van der Waals surface area (Å²) < 4.78 is 24.3. The number of aryl methyl sites for hydroxylation is 1. The van der Waals surface area contributed by atoms with Crippen molar-refractivity contribution in [2.24, 2.45) is 0 Å². The van der Waals surface area contributed by atoms with Crippen LogP contribution >= 0.6 is 0 Å². The van der Waals surface area contributed by atoms with Gasteiger partial charge in [-0.05, 0) is 18.6 Å². The summed E-state index contributed by atoms with van der Waals surface area (Å²) in [4.78, 5) is 0. The number of hydrogen-bond donors (Lipinski definition) is 2. The number of hydrogen-bond acceptors (Lipinski definition) is 4. The van der Waals surface area contributed by atoms with Gasteiger partial charge in [0.15, 0.2) is 0 Å². The summed E-state index contributed by atoms with van der Waals surface area (Å²) in [7, 11) is -0.113. The van der Waals surface area contributed by atoms with Gasteiger partial charge in [0.1, 0.15) is 0 Å². The molecule has 5 nitrogen and oxygen atoms in total. The monoisotopic (exact) mass is 257 g/mol. The molecule has 0 radical (unpaired) electrons. The van der Waals surface area contributed by atoms with Crippen LogP contribution < -0.4 is 11.1 Å². The summed E-state index contributed by atoms with van der Waals surface area (Å²) >= 11 is 0. The van der Waals surface area contributed by atoms with E-state index in [1.165, 1.54) is 18.4 Å². The van der Waals surface area contributed by atoms with Crippen molar-refractivity contribution in [3.8, 4) is 0 Å². The first kappa shape index (κ1) is 13.8. The molecule has 0 amide bonds. The Balaban J connectivity index is 2.61. The SMILES string of the molecule is Cc1cccc(NCCS(=O)(=O)N(C)C)c1N. The van der Waals surface area contributed by atoms with E-state index in [-0.39, 0.29) is 5.75 Å². The maximum atomic E-state index is 11.5. The Morgan fingerprint density at radius 3 is 2.59 bits per heavy atom. The van der Waals surface area contributed by atoms with Crippen LogP contribution in [0.4, 0.5) is 11.4 Å². The fourth-order valence-corrected chi connectivity index (χ4v) is 2.06. The molecule has 0 bridgehead atoms. The van der Waals surface area contributed by atoms with E-state index in [1.54, 1.807) is 0 Å². The highest BCUT2D eigenvalue weighted by Gasteiger charge is 2.12. The fourth-order valence-electron chi connectivity index (χ4n) is 1.33. The molecule has 0 heterocycles. The van der Waals surface area contributed by atoms with Gasteiger partial charge in [-0.15, -0.1) is 0 Å². The maximum absolute atomic E-state index is 11.5. The van der Waals surface area contributed by atoms with E-state index < -0.39 is 10.0 Å². The van der Waals surface area contributed by atoms with Crippen LogP contribution in [0.5, 0.6) is 0 Å². The maximum Gasteiger partial charge on any atom is 0.215 e. The minimum atomic E-state index is -3.16. The van der Waals surface area contributed by atoms with Gasteiger partial charge in [-0.1, -0.05) is 12.1 Å². The van der Waals surface area contributed by atoms with Gasteiger partial charge in [0.05, 0.1) is 17.1 Å². The minimum Gasteiger partial charge on any atom is -0.397 e. The molecular formula is C11H19N3O2S. The second-order valence-corrected chi connectivity index (χ2v) is 6.36. The molecule has 17 heavy (non-hydrogen) atoms. The number of anilines is 2. The van der Waals surface area contributed by atoms with E-state index in [4.69, 9.17) is 5.73 Å². The Morgan fingerprint density at radius 2 is 2.00 bits per heavy atom. The zero-order valence-electron chi connectivity index (χ0n) is 10.4. The molecule has 96 valence electrons. The van der Waals surface area contributed by atoms with Crippen LogP contribution in [0.2, 0.25) is 0 Å². The molecule has 0 aliphatic heterocycles. The normalized spacial score (nSPS) is 11.8. The third-order valence-electron chi connectivity index (χ3n) is 2.56. The van der Waals surface area contributed by atoms with Gasteiger partial charge in [0.25, 0.3) is 0 Å². The lowest BCUT2D eigenvalue weighted by molar-refractivity contribution is 0.521. The molecule has 0 saturated heterocycles. The van der Waals surface area contributed by atoms with E-state index in [2.05, 4.69) is 5.32 Å². The van der Waals surface area contributed by atoms with Crippen LogP contribution in [0.3, 0.4) is 0 Å². The zero-order chi connectivity index (χ0) is 13.1. The number of benzene rings is 1. The quantitative estimate of drug-likeness (QED) is 0.768. The van der Waals surface area contributed by atoms with Crippen molar-refractivity contribution in [3.05, 3.63) is 23.8 Å². The Labute approximate surface area is 103 Å². The summed E-state index contributed by atoms with van der Waals surface area (Å²) in [6, 6.07) is 5.64. The topological polar surface area (TPSA) is 75.4 Å². The fraction of sp³-hybridized carbons (Fsp3) is 0.455. The second kappa shape index (κ2) is 5.37. The van der Waals surface area contributed by atoms with E-state index in [9.17, 15) is 8.42 Å². The van der Waals surface area contributed by atoms with E-state index >= 15 is 0 Å². The molecule has 0 aliphatic rings. The number of nitrogens with two attached hydrogens (primary N) is 1. The van der Waals surface area contributed by atoms with Gasteiger partial charge in [-0.3, -0.25) is 0 Å². The number of nitrogen functional groups attached to an aromatic ring is 1. The highest BCUT2D eigenvalue weighted by Crippen LogP contribution is 2.21. The summed E-state index contributed by atoms with van der Waals surface area (Å²) in [6.07, 6.45) is 0. The molecule has 6 heteroatoms. The molecule has 0 aliphatic carbocycles. The van der Waals surface area contributed by atoms with Crippen LogP contribution in [0.1, 0.15) is 5.56 Å². The molecule has 1 rings (SSSR count). The van der Waals surface area contributed by atoms with Gasteiger partial charge in [0.2, 0.25) is 10.0 Å². The number of nitrogens with one attached hydrogen (secondary N) is 1. The summed E-state index contributed by atoms with van der Waals surface area (Å²) in [5.41, 5.74) is 8.29. The molecule has 0 unspecified atom stereocenters. The van der Waals surface area contributed by atoms with Gasteiger partial charge in [0, 0.05) is 20.6 Å². The molecular weight excluding hydrogens is 238 g/mol. The smallest absolute Gasteiger partial charge is 0.215 e. The van der Waals surface area contributed by atoms with Crippen LogP contribution in [0.15, 0.2) is 18.2 Å². The lowest BCUT2D eigenvalue weighted by Gasteiger charge is -2.13. The Kier molecular flexibility index (Phi) is 4.36. The highest BCUT2D eigenvalue weighted by molar-refractivity contribution is 7.89. The van der Waals surface area contributed by atoms with E-state index in [1.807, 2.05) is 25.1 Å². The van der Waals surface area contributed by atoms with Crippen molar-refractivity contribution < 1.29 is 8.42 Å². The molecule has 0 saturated carbocycles. The highest BCUT2D eigenvalue weighted by atomic mass is 32.2. The lowest BCUT2D eigenvalue weighted by Crippen LogP contribution is -2.28. The van der Waals surface area contributed by atoms with Crippen LogP contribution in [0, 0.1) is 6.92 Å².